The van der Waals surface area contributed by atoms with Gasteiger partial charge in [-0.05, 0) is 60.7 Å². The van der Waals surface area contributed by atoms with Crippen LogP contribution in [0.5, 0.6) is 11.5 Å². The summed E-state index contributed by atoms with van der Waals surface area (Å²) in [7, 11) is 0. The SMILES string of the molecule is CCCCN1C(=O)C(=O)/C(=C(\O)c2ccc(OCC)c(C(C)C)c2)C1c1cccc(O)c1. The van der Waals surface area contributed by atoms with Gasteiger partial charge in [0.2, 0.25) is 0 Å². The lowest BCUT2D eigenvalue weighted by Gasteiger charge is -2.25. The molecule has 1 saturated heterocycles. The predicted molar refractivity (Wildman–Crippen MR) is 124 cm³/mol. The minimum absolute atomic E-state index is 0.0340. The van der Waals surface area contributed by atoms with Crippen LogP contribution in [0.15, 0.2) is 48.0 Å². The molecule has 0 bridgehead atoms. The first-order valence-corrected chi connectivity index (χ1v) is 11.1. The van der Waals surface area contributed by atoms with Gasteiger partial charge < -0.3 is 19.8 Å². The van der Waals surface area contributed by atoms with Crippen molar-refractivity contribution in [3.63, 3.8) is 0 Å². The van der Waals surface area contributed by atoms with Gasteiger partial charge in [-0.3, -0.25) is 9.59 Å². The fourth-order valence-electron chi connectivity index (χ4n) is 4.07. The standard InChI is InChI=1S/C26H31NO5/c1-5-7-13-27-23(17-9-8-10-19(28)14-17)22(25(30)26(27)31)24(29)18-11-12-21(32-6-2)20(15-18)16(3)4/h8-12,14-16,23,28-29H,5-7,13H2,1-4H3/b24-22-. The van der Waals surface area contributed by atoms with Crippen LogP contribution in [0.3, 0.4) is 0 Å². The number of aromatic hydroxyl groups is 1. The fourth-order valence-corrected chi connectivity index (χ4v) is 4.07. The molecular formula is C26H31NO5. The van der Waals surface area contributed by atoms with E-state index in [0.29, 0.717) is 24.3 Å². The molecule has 1 atom stereocenters. The van der Waals surface area contributed by atoms with E-state index in [0.717, 1.165) is 24.2 Å². The van der Waals surface area contributed by atoms with Gasteiger partial charge in [-0.15, -0.1) is 0 Å². The molecule has 1 aliphatic rings. The summed E-state index contributed by atoms with van der Waals surface area (Å²) >= 11 is 0. The van der Waals surface area contributed by atoms with Gasteiger partial charge >= 0.3 is 0 Å². The molecule has 3 rings (SSSR count). The molecule has 0 aromatic heterocycles. The number of nitrogens with zero attached hydrogens (tertiary/aromatic N) is 1. The average Bonchev–Trinajstić information content (AvgIpc) is 3.02. The maximum absolute atomic E-state index is 13.1. The summed E-state index contributed by atoms with van der Waals surface area (Å²) < 4.78 is 5.71. The van der Waals surface area contributed by atoms with Crippen LogP contribution in [-0.4, -0.2) is 40.0 Å². The zero-order valence-electron chi connectivity index (χ0n) is 19.1. The van der Waals surface area contributed by atoms with Crippen LogP contribution in [0, 0.1) is 0 Å². The molecule has 0 saturated carbocycles. The average molecular weight is 438 g/mol. The molecular weight excluding hydrogens is 406 g/mol. The van der Waals surface area contributed by atoms with Crippen molar-refractivity contribution < 1.29 is 24.5 Å². The Hall–Kier alpha value is -3.28. The van der Waals surface area contributed by atoms with Gasteiger partial charge in [0, 0.05) is 12.1 Å². The number of phenols is 1. The van der Waals surface area contributed by atoms with Crippen LogP contribution in [0.25, 0.3) is 5.76 Å². The molecule has 6 heteroatoms. The van der Waals surface area contributed by atoms with Crippen molar-refractivity contribution in [1.82, 2.24) is 4.90 Å². The van der Waals surface area contributed by atoms with Crippen molar-refractivity contribution in [2.45, 2.75) is 52.5 Å². The summed E-state index contributed by atoms with van der Waals surface area (Å²) in [5.41, 5.74) is 1.98. The topological polar surface area (TPSA) is 87.1 Å². The molecule has 6 nitrogen and oxygen atoms in total. The van der Waals surface area contributed by atoms with Crippen molar-refractivity contribution in [2.24, 2.45) is 0 Å². The van der Waals surface area contributed by atoms with E-state index in [4.69, 9.17) is 4.74 Å². The number of carbonyl (C=O) groups excluding carboxylic acids is 2. The summed E-state index contributed by atoms with van der Waals surface area (Å²) in [6.07, 6.45) is 1.58. The second kappa shape index (κ2) is 9.90. The second-order valence-corrected chi connectivity index (χ2v) is 8.28. The van der Waals surface area contributed by atoms with Crippen molar-refractivity contribution >= 4 is 17.4 Å². The number of aliphatic hydroxyl groups excluding tert-OH is 1. The Balaban J connectivity index is 2.18. The molecule has 170 valence electrons. The fraction of sp³-hybridized carbons (Fsp3) is 0.385. The molecule has 2 aromatic carbocycles. The number of rotatable bonds is 8. The van der Waals surface area contributed by atoms with Gasteiger partial charge in [-0.2, -0.15) is 0 Å². The lowest BCUT2D eigenvalue weighted by atomic mass is 9.93. The van der Waals surface area contributed by atoms with Crippen molar-refractivity contribution in [2.75, 3.05) is 13.2 Å². The van der Waals surface area contributed by atoms with Crippen LogP contribution in [0.1, 0.15) is 69.2 Å². The number of carbonyl (C=O) groups is 2. The maximum atomic E-state index is 13.1. The Bertz CT molecular complexity index is 1040. The van der Waals surface area contributed by atoms with Crippen LogP contribution >= 0.6 is 0 Å². The molecule has 1 aliphatic heterocycles. The Morgan fingerprint density at radius 2 is 1.88 bits per heavy atom. The van der Waals surface area contributed by atoms with Crippen LogP contribution in [-0.2, 0) is 9.59 Å². The van der Waals surface area contributed by atoms with Gasteiger partial charge in [0.05, 0.1) is 18.2 Å². The van der Waals surface area contributed by atoms with E-state index >= 15 is 0 Å². The summed E-state index contributed by atoms with van der Waals surface area (Å²) in [5, 5.41) is 21.3. The van der Waals surface area contributed by atoms with Gasteiger partial charge in [0.1, 0.15) is 17.3 Å². The third-order valence-corrected chi connectivity index (χ3v) is 5.68. The van der Waals surface area contributed by atoms with Crippen molar-refractivity contribution in [1.29, 1.82) is 0 Å². The highest BCUT2D eigenvalue weighted by Gasteiger charge is 2.45. The number of amides is 1. The first-order chi connectivity index (χ1) is 15.3. The normalized spacial score (nSPS) is 17.9. The monoisotopic (exact) mass is 437 g/mol. The largest absolute Gasteiger partial charge is 0.508 e. The minimum atomic E-state index is -0.761. The van der Waals surface area contributed by atoms with Crippen LogP contribution in [0.4, 0.5) is 0 Å². The molecule has 32 heavy (non-hydrogen) atoms. The zero-order valence-corrected chi connectivity index (χ0v) is 19.1. The quantitative estimate of drug-likeness (QED) is 0.339. The molecule has 1 heterocycles. The number of ketones is 1. The highest BCUT2D eigenvalue weighted by Crippen LogP contribution is 2.41. The number of hydrogen-bond acceptors (Lipinski definition) is 5. The third kappa shape index (κ3) is 4.49. The Kier molecular flexibility index (Phi) is 7.23. The molecule has 0 radical (unpaired) electrons. The minimum Gasteiger partial charge on any atom is -0.508 e. The number of unbranched alkanes of at least 4 members (excludes halogenated alkanes) is 1. The van der Waals surface area contributed by atoms with E-state index in [2.05, 4.69) is 0 Å². The number of aliphatic hydroxyl groups is 1. The van der Waals surface area contributed by atoms with Gasteiger partial charge in [-0.25, -0.2) is 0 Å². The Labute approximate surface area is 189 Å². The maximum Gasteiger partial charge on any atom is 0.295 e. The first-order valence-electron chi connectivity index (χ1n) is 11.1. The summed E-state index contributed by atoms with van der Waals surface area (Å²) in [6.45, 7) is 8.87. The molecule has 0 spiro atoms. The zero-order chi connectivity index (χ0) is 23.4. The highest BCUT2D eigenvalue weighted by molar-refractivity contribution is 6.46. The number of ether oxygens (including phenoxy) is 1. The number of phenolic OH excluding ortho intramolecular Hbond substituents is 1. The molecule has 2 aromatic rings. The molecule has 1 unspecified atom stereocenters. The predicted octanol–water partition coefficient (Wildman–Crippen LogP) is 5.14. The lowest BCUT2D eigenvalue weighted by molar-refractivity contribution is -0.139. The highest BCUT2D eigenvalue weighted by atomic mass is 16.5. The molecule has 0 aliphatic carbocycles. The summed E-state index contributed by atoms with van der Waals surface area (Å²) in [6, 6.07) is 11.0. The number of benzene rings is 2. The van der Waals surface area contributed by atoms with Gasteiger partial charge in [0.25, 0.3) is 11.7 Å². The van der Waals surface area contributed by atoms with E-state index in [1.165, 1.54) is 17.0 Å². The second-order valence-electron chi connectivity index (χ2n) is 8.28. The van der Waals surface area contributed by atoms with E-state index in [1.54, 1.807) is 24.3 Å². The van der Waals surface area contributed by atoms with Gasteiger partial charge in [-0.1, -0.05) is 39.3 Å². The lowest BCUT2D eigenvalue weighted by Crippen LogP contribution is -2.30. The first kappa shape index (κ1) is 23.4. The van der Waals surface area contributed by atoms with E-state index in [-0.39, 0.29) is 23.0 Å². The van der Waals surface area contributed by atoms with Crippen LogP contribution < -0.4 is 4.74 Å². The van der Waals surface area contributed by atoms with E-state index < -0.39 is 17.7 Å². The molecule has 1 amide bonds. The third-order valence-electron chi connectivity index (χ3n) is 5.68. The smallest absolute Gasteiger partial charge is 0.295 e. The molecule has 1 fully saturated rings. The van der Waals surface area contributed by atoms with Crippen molar-refractivity contribution in [3.05, 3.63) is 64.7 Å². The molecule has 2 N–H and O–H groups in total. The summed E-state index contributed by atoms with van der Waals surface area (Å²) in [5.74, 6) is -0.673. The summed E-state index contributed by atoms with van der Waals surface area (Å²) in [4.78, 5) is 27.4. The number of Topliss-reactive ketones (excluding diaryl/α,β-unsaturated/α-hetero) is 1. The van der Waals surface area contributed by atoms with Crippen LogP contribution in [0.2, 0.25) is 0 Å². The number of likely N-dealkylation sites (tertiary alicyclic amines) is 1. The van der Waals surface area contributed by atoms with Gasteiger partial charge in [0.15, 0.2) is 0 Å². The van der Waals surface area contributed by atoms with E-state index in [9.17, 15) is 19.8 Å². The van der Waals surface area contributed by atoms with E-state index in [1.807, 2.05) is 33.8 Å². The Morgan fingerprint density at radius 3 is 2.50 bits per heavy atom. The number of hydrogen-bond donors (Lipinski definition) is 2. The van der Waals surface area contributed by atoms with Crippen molar-refractivity contribution in [3.8, 4) is 11.5 Å². The Morgan fingerprint density at radius 1 is 1.12 bits per heavy atom.